The van der Waals surface area contributed by atoms with E-state index in [1.807, 2.05) is 24.3 Å². The molecule has 0 bridgehead atoms. The SMILES string of the molecule is CC(=O)C(Cc1ccc(Br)cc1)=NO. The highest BCUT2D eigenvalue weighted by Crippen LogP contribution is 2.11. The highest BCUT2D eigenvalue weighted by Gasteiger charge is 2.07. The first-order valence-corrected chi connectivity index (χ1v) is 4.89. The van der Waals surface area contributed by atoms with E-state index in [1.165, 1.54) is 6.92 Å². The normalized spacial score (nSPS) is 11.4. The van der Waals surface area contributed by atoms with Crippen molar-refractivity contribution in [1.82, 2.24) is 0 Å². The molecule has 14 heavy (non-hydrogen) atoms. The Morgan fingerprint density at radius 3 is 2.43 bits per heavy atom. The fraction of sp³-hybridized carbons (Fsp3) is 0.200. The minimum absolute atomic E-state index is 0.173. The van der Waals surface area contributed by atoms with Crippen LogP contribution in [-0.2, 0) is 11.2 Å². The van der Waals surface area contributed by atoms with Gasteiger partial charge >= 0.3 is 0 Å². The largest absolute Gasteiger partial charge is 0.411 e. The Labute approximate surface area is 90.6 Å². The zero-order valence-electron chi connectivity index (χ0n) is 7.70. The van der Waals surface area contributed by atoms with Crippen molar-refractivity contribution in [3.8, 4) is 0 Å². The molecule has 0 unspecified atom stereocenters. The van der Waals surface area contributed by atoms with Gasteiger partial charge in [0.05, 0.1) is 0 Å². The lowest BCUT2D eigenvalue weighted by Crippen LogP contribution is -2.13. The maximum atomic E-state index is 10.9. The van der Waals surface area contributed by atoms with Gasteiger partial charge in [0.25, 0.3) is 0 Å². The zero-order chi connectivity index (χ0) is 10.6. The van der Waals surface area contributed by atoms with Gasteiger partial charge in [0.15, 0.2) is 5.78 Å². The average molecular weight is 256 g/mol. The number of ketones is 1. The first kappa shape index (κ1) is 10.9. The molecule has 0 saturated carbocycles. The van der Waals surface area contributed by atoms with E-state index in [4.69, 9.17) is 5.21 Å². The second-order valence-electron chi connectivity index (χ2n) is 2.91. The summed E-state index contributed by atoms with van der Waals surface area (Å²) in [6.45, 7) is 1.38. The Morgan fingerprint density at radius 1 is 1.43 bits per heavy atom. The molecule has 1 N–H and O–H groups in total. The summed E-state index contributed by atoms with van der Waals surface area (Å²) >= 11 is 3.31. The molecule has 0 saturated heterocycles. The number of nitrogens with zero attached hydrogens (tertiary/aromatic N) is 1. The minimum Gasteiger partial charge on any atom is -0.411 e. The van der Waals surface area contributed by atoms with Gasteiger partial charge in [0.2, 0.25) is 0 Å². The number of hydrogen-bond donors (Lipinski definition) is 1. The first-order valence-electron chi connectivity index (χ1n) is 4.10. The van der Waals surface area contributed by atoms with Crippen molar-refractivity contribution >= 4 is 27.4 Å². The van der Waals surface area contributed by atoms with Crippen LogP contribution in [0.3, 0.4) is 0 Å². The van der Waals surface area contributed by atoms with Gasteiger partial charge in [-0.2, -0.15) is 0 Å². The minimum atomic E-state index is -0.213. The van der Waals surface area contributed by atoms with Crippen LogP contribution in [0, 0.1) is 0 Å². The molecule has 0 spiro atoms. The van der Waals surface area contributed by atoms with E-state index in [9.17, 15) is 4.79 Å². The highest BCUT2D eigenvalue weighted by molar-refractivity contribution is 9.10. The van der Waals surface area contributed by atoms with Gasteiger partial charge in [-0.15, -0.1) is 0 Å². The second-order valence-corrected chi connectivity index (χ2v) is 3.82. The molecule has 0 aliphatic heterocycles. The molecule has 74 valence electrons. The van der Waals surface area contributed by atoms with Crippen molar-refractivity contribution in [1.29, 1.82) is 0 Å². The number of hydrogen-bond acceptors (Lipinski definition) is 3. The number of rotatable bonds is 3. The number of oxime groups is 1. The maximum Gasteiger partial charge on any atom is 0.177 e. The molecule has 0 atom stereocenters. The summed E-state index contributed by atoms with van der Waals surface area (Å²) in [7, 11) is 0. The summed E-state index contributed by atoms with van der Waals surface area (Å²) in [5.74, 6) is -0.213. The monoisotopic (exact) mass is 255 g/mol. The van der Waals surface area contributed by atoms with E-state index in [0.717, 1.165) is 10.0 Å². The Bertz CT molecular complexity index is 357. The predicted octanol–water partition coefficient (Wildman–Crippen LogP) is 2.41. The van der Waals surface area contributed by atoms with Crippen LogP contribution in [0.4, 0.5) is 0 Å². The summed E-state index contributed by atoms with van der Waals surface area (Å²) < 4.78 is 0.978. The van der Waals surface area contributed by atoms with Crippen LogP contribution in [0.2, 0.25) is 0 Å². The lowest BCUT2D eigenvalue weighted by atomic mass is 10.1. The average Bonchev–Trinajstić information content (AvgIpc) is 2.16. The molecule has 3 nitrogen and oxygen atoms in total. The van der Waals surface area contributed by atoms with Gasteiger partial charge in [-0.3, -0.25) is 4.79 Å². The zero-order valence-corrected chi connectivity index (χ0v) is 9.28. The number of Topliss-reactive ketones (excluding diaryl/α,β-unsaturated/α-hetero) is 1. The Kier molecular flexibility index (Phi) is 3.83. The number of halogens is 1. The fourth-order valence-electron chi connectivity index (χ4n) is 1.03. The van der Waals surface area contributed by atoms with Gasteiger partial charge in [0, 0.05) is 17.8 Å². The third-order valence-electron chi connectivity index (χ3n) is 1.81. The molecule has 1 aromatic rings. The molecule has 0 aliphatic carbocycles. The van der Waals surface area contributed by atoms with Crippen LogP contribution in [0.1, 0.15) is 12.5 Å². The van der Waals surface area contributed by atoms with Crippen molar-refractivity contribution in [2.45, 2.75) is 13.3 Å². The van der Waals surface area contributed by atoms with E-state index in [2.05, 4.69) is 21.1 Å². The maximum absolute atomic E-state index is 10.9. The number of carbonyl (C=O) groups excluding carboxylic acids is 1. The van der Waals surface area contributed by atoms with Crippen LogP contribution in [-0.4, -0.2) is 16.7 Å². The molecule has 0 amide bonds. The summed E-state index contributed by atoms with van der Waals surface area (Å²) in [6, 6.07) is 7.51. The van der Waals surface area contributed by atoms with Crippen LogP contribution in [0.15, 0.2) is 33.9 Å². The quantitative estimate of drug-likeness (QED) is 0.513. The third-order valence-corrected chi connectivity index (χ3v) is 2.34. The summed E-state index contributed by atoms with van der Waals surface area (Å²) in [5, 5.41) is 11.5. The molecule has 0 fully saturated rings. The van der Waals surface area contributed by atoms with Crippen molar-refractivity contribution < 1.29 is 10.0 Å². The highest BCUT2D eigenvalue weighted by atomic mass is 79.9. The lowest BCUT2D eigenvalue weighted by molar-refractivity contribution is -0.111. The molecule has 0 heterocycles. The van der Waals surface area contributed by atoms with Crippen molar-refractivity contribution in [2.24, 2.45) is 5.16 Å². The molecule has 1 aromatic carbocycles. The smallest absolute Gasteiger partial charge is 0.177 e. The Balaban J connectivity index is 2.78. The fourth-order valence-corrected chi connectivity index (χ4v) is 1.29. The summed E-state index contributed by atoms with van der Waals surface area (Å²) in [5.41, 5.74) is 1.11. The second kappa shape index (κ2) is 4.91. The standard InChI is InChI=1S/C10H10BrNO2/c1-7(13)10(12-14)6-8-2-4-9(11)5-3-8/h2-5,14H,6H2,1H3. The molecular weight excluding hydrogens is 246 g/mol. The summed E-state index contributed by atoms with van der Waals surface area (Å²) in [6.07, 6.45) is 0.360. The predicted molar refractivity (Wildman–Crippen MR) is 57.7 cm³/mol. The van der Waals surface area contributed by atoms with Gasteiger partial charge in [-0.05, 0) is 17.7 Å². The molecule has 4 heteroatoms. The van der Waals surface area contributed by atoms with Crippen molar-refractivity contribution in [3.05, 3.63) is 34.3 Å². The topological polar surface area (TPSA) is 49.7 Å². The lowest BCUT2D eigenvalue weighted by Gasteiger charge is -2.00. The van der Waals surface area contributed by atoms with Crippen LogP contribution < -0.4 is 0 Å². The summed E-state index contributed by atoms with van der Waals surface area (Å²) in [4.78, 5) is 10.9. The van der Waals surface area contributed by atoms with Gasteiger partial charge in [0.1, 0.15) is 5.71 Å². The molecule has 1 rings (SSSR count). The van der Waals surface area contributed by atoms with Gasteiger partial charge in [-0.1, -0.05) is 33.2 Å². The van der Waals surface area contributed by atoms with E-state index in [-0.39, 0.29) is 11.5 Å². The molecular formula is C10H10BrNO2. The Hall–Kier alpha value is -1.16. The van der Waals surface area contributed by atoms with E-state index >= 15 is 0 Å². The molecule has 0 radical (unpaired) electrons. The molecule has 0 aromatic heterocycles. The van der Waals surface area contributed by atoms with Crippen LogP contribution >= 0.6 is 15.9 Å². The van der Waals surface area contributed by atoms with Crippen molar-refractivity contribution in [3.63, 3.8) is 0 Å². The van der Waals surface area contributed by atoms with Gasteiger partial charge < -0.3 is 5.21 Å². The van der Waals surface area contributed by atoms with Crippen molar-refractivity contribution in [2.75, 3.05) is 0 Å². The van der Waals surface area contributed by atoms with E-state index < -0.39 is 0 Å². The van der Waals surface area contributed by atoms with Crippen LogP contribution in [0.25, 0.3) is 0 Å². The van der Waals surface area contributed by atoms with Crippen LogP contribution in [0.5, 0.6) is 0 Å². The third kappa shape index (κ3) is 2.96. The van der Waals surface area contributed by atoms with E-state index in [0.29, 0.717) is 6.42 Å². The van der Waals surface area contributed by atoms with E-state index in [1.54, 1.807) is 0 Å². The number of benzene rings is 1. The number of carbonyl (C=O) groups is 1. The Morgan fingerprint density at radius 2 is 2.00 bits per heavy atom. The first-order chi connectivity index (χ1) is 6.63. The molecule has 0 aliphatic rings. The van der Waals surface area contributed by atoms with Gasteiger partial charge in [-0.25, -0.2) is 0 Å².